The molecule has 0 saturated heterocycles. The maximum Gasteiger partial charge on any atom is 0.426 e. The van der Waals surface area contributed by atoms with Gasteiger partial charge in [-0.05, 0) is 13.8 Å². The molecule has 12 heavy (non-hydrogen) atoms. The highest BCUT2D eigenvalue weighted by atomic mass is 35.5. The molecule has 0 aromatic carbocycles. The van der Waals surface area contributed by atoms with Crippen LogP contribution in [0.5, 0.6) is 0 Å². The van der Waals surface area contributed by atoms with Gasteiger partial charge in [0.25, 0.3) is 5.91 Å². The summed E-state index contributed by atoms with van der Waals surface area (Å²) in [5, 5.41) is 0. The second-order valence-electron chi connectivity index (χ2n) is 2.26. The molecule has 0 radical (unpaired) electrons. The topological polar surface area (TPSA) is 67.4 Å². The van der Waals surface area contributed by atoms with Crippen molar-refractivity contribution in [2.45, 2.75) is 20.0 Å². The number of hydrazine groups is 1. The molecule has 0 unspecified atom stereocenters. The molecule has 0 spiro atoms. The van der Waals surface area contributed by atoms with Gasteiger partial charge in [0.05, 0.1) is 6.10 Å². The number of nitrogens with one attached hydrogen (secondary N) is 2. The summed E-state index contributed by atoms with van der Waals surface area (Å²) in [5.41, 5.74) is 4.06. The molecule has 0 aliphatic carbocycles. The zero-order valence-corrected chi connectivity index (χ0v) is 7.64. The van der Waals surface area contributed by atoms with E-state index in [0.29, 0.717) is 0 Å². The van der Waals surface area contributed by atoms with E-state index >= 15 is 0 Å². The van der Waals surface area contributed by atoms with E-state index in [4.69, 9.17) is 11.6 Å². The number of hydrogen-bond acceptors (Lipinski definition) is 3. The number of hydrogen-bond donors (Lipinski definition) is 2. The predicted molar refractivity (Wildman–Crippen MR) is 43.6 cm³/mol. The average Bonchev–Trinajstić information content (AvgIpc) is 1.99. The molecule has 0 aromatic heterocycles. The highest BCUT2D eigenvalue weighted by molar-refractivity contribution is 6.27. The number of carbonyl (C=O) groups excluding carboxylic acids is 2. The SMILES string of the molecule is CC(C)OC(=O)NNC(=O)CCl. The Morgan fingerprint density at radius 2 is 2.00 bits per heavy atom. The van der Waals surface area contributed by atoms with E-state index in [1.807, 2.05) is 10.9 Å². The first-order valence-corrected chi connectivity index (χ1v) is 3.91. The second-order valence-corrected chi connectivity index (χ2v) is 2.53. The number of ether oxygens (including phenoxy) is 1. The molecule has 2 N–H and O–H groups in total. The Hall–Kier alpha value is -0.970. The van der Waals surface area contributed by atoms with E-state index in [1.165, 1.54) is 0 Å². The van der Waals surface area contributed by atoms with Crippen molar-refractivity contribution in [3.8, 4) is 0 Å². The first-order chi connectivity index (χ1) is 5.56. The van der Waals surface area contributed by atoms with Crippen LogP contribution in [0.25, 0.3) is 0 Å². The number of alkyl halides is 1. The van der Waals surface area contributed by atoms with Crippen LogP contribution in [0.15, 0.2) is 0 Å². The smallest absolute Gasteiger partial charge is 0.426 e. The van der Waals surface area contributed by atoms with E-state index in [2.05, 4.69) is 4.74 Å². The molecule has 0 fully saturated rings. The monoisotopic (exact) mass is 194 g/mol. The normalized spacial score (nSPS) is 9.33. The van der Waals surface area contributed by atoms with E-state index in [9.17, 15) is 9.59 Å². The van der Waals surface area contributed by atoms with Crippen molar-refractivity contribution in [1.29, 1.82) is 0 Å². The first kappa shape index (κ1) is 11.0. The maximum atomic E-state index is 10.7. The fourth-order valence-corrected chi connectivity index (χ4v) is 0.465. The minimum atomic E-state index is -0.705. The molecule has 0 aliphatic heterocycles. The summed E-state index contributed by atoms with van der Waals surface area (Å²) >= 11 is 5.14. The zero-order chi connectivity index (χ0) is 9.56. The lowest BCUT2D eigenvalue weighted by atomic mass is 10.5. The molecule has 0 rings (SSSR count). The van der Waals surface area contributed by atoms with Gasteiger partial charge in [0, 0.05) is 0 Å². The minimum absolute atomic E-state index is 0.206. The van der Waals surface area contributed by atoms with Crippen molar-refractivity contribution in [1.82, 2.24) is 10.9 Å². The molecule has 70 valence electrons. The van der Waals surface area contributed by atoms with Crippen LogP contribution >= 0.6 is 11.6 Å². The number of halogens is 1. The molecular formula is C6H11ClN2O3. The van der Waals surface area contributed by atoms with Crippen LogP contribution < -0.4 is 10.9 Å². The molecular weight excluding hydrogens is 184 g/mol. The molecule has 5 nitrogen and oxygen atoms in total. The number of rotatable bonds is 2. The van der Waals surface area contributed by atoms with Crippen LogP contribution in [0.3, 0.4) is 0 Å². The van der Waals surface area contributed by atoms with Gasteiger partial charge in [-0.3, -0.25) is 10.2 Å². The van der Waals surface area contributed by atoms with Gasteiger partial charge in [0.1, 0.15) is 5.88 Å². The highest BCUT2D eigenvalue weighted by Crippen LogP contribution is 1.86. The van der Waals surface area contributed by atoms with Gasteiger partial charge in [0.2, 0.25) is 0 Å². The standard InChI is InChI=1S/C6H11ClN2O3/c1-4(2)12-6(11)9-8-5(10)3-7/h4H,3H2,1-2H3,(H,8,10)(H,9,11). The molecule has 0 saturated carbocycles. The van der Waals surface area contributed by atoms with Gasteiger partial charge in [-0.15, -0.1) is 11.6 Å². The summed E-state index contributed by atoms with van der Waals surface area (Å²) in [6.07, 6.45) is -0.929. The Morgan fingerprint density at radius 3 is 2.42 bits per heavy atom. The lowest BCUT2D eigenvalue weighted by Crippen LogP contribution is -2.43. The van der Waals surface area contributed by atoms with Crippen molar-refractivity contribution >= 4 is 23.6 Å². The van der Waals surface area contributed by atoms with Gasteiger partial charge >= 0.3 is 6.09 Å². The summed E-state index contributed by atoms with van der Waals surface area (Å²) < 4.78 is 4.64. The largest absolute Gasteiger partial charge is 0.446 e. The molecule has 0 atom stereocenters. The molecule has 6 heteroatoms. The van der Waals surface area contributed by atoms with Crippen LogP contribution in [0.2, 0.25) is 0 Å². The van der Waals surface area contributed by atoms with Crippen molar-refractivity contribution in [2.75, 3.05) is 5.88 Å². The molecule has 0 bridgehead atoms. The van der Waals surface area contributed by atoms with Crippen molar-refractivity contribution < 1.29 is 14.3 Å². The fourth-order valence-electron chi connectivity index (χ4n) is 0.398. The Kier molecular flexibility index (Phi) is 5.19. The highest BCUT2D eigenvalue weighted by Gasteiger charge is 2.05. The van der Waals surface area contributed by atoms with Gasteiger partial charge < -0.3 is 4.74 Å². The van der Waals surface area contributed by atoms with Crippen molar-refractivity contribution in [3.05, 3.63) is 0 Å². The number of amides is 2. The Balaban J connectivity index is 3.51. The number of carbonyl (C=O) groups is 2. The Morgan fingerprint density at radius 1 is 1.42 bits per heavy atom. The summed E-state index contributed by atoms with van der Waals surface area (Å²) in [5.74, 6) is -0.695. The van der Waals surface area contributed by atoms with Crippen LogP contribution in [0.4, 0.5) is 4.79 Å². The third-order valence-electron chi connectivity index (χ3n) is 0.768. The van der Waals surface area contributed by atoms with E-state index in [0.717, 1.165) is 0 Å². The summed E-state index contributed by atoms with van der Waals surface area (Å²) in [7, 11) is 0. The summed E-state index contributed by atoms with van der Waals surface area (Å²) in [6, 6.07) is 0. The van der Waals surface area contributed by atoms with Gasteiger partial charge in [0.15, 0.2) is 0 Å². The minimum Gasteiger partial charge on any atom is -0.446 e. The molecule has 0 heterocycles. The van der Waals surface area contributed by atoms with E-state index in [1.54, 1.807) is 13.8 Å². The van der Waals surface area contributed by atoms with Crippen LogP contribution in [-0.2, 0) is 9.53 Å². The van der Waals surface area contributed by atoms with E-state index < -0.39 is 12.0 Å². The summed E-state index contributed by atoms with van der Waals surface area (Å²) in [6.45, 7) is 3.39. The van der Waals surface area contributed by atoms with E-state index in [-0.39, 0.29) is 12.0 Å². The van der Waals surface area contributed by atoms with Gasteiger partial charge in [-0.25, -0.2) is 10.2 Å². The van der Waals surface area contributed by atoms with Crippen LogP contribution in [-0.4, -0.2) is 24.0 Å². The van der Waals surface area contributed by atoms with Crippen molar-refractivity contribution in [3.63, 3.8) is 0 Å². The maximum absolute atomic E-state index is 10.7. The predicted octanol–water partition coefficient (Wildman–Crippen LogP) is 0.391. The third-order valence-corrected chi connectivity index (χ3v) is 1.01. The van der Waals surface area contributed by atoms with Gasteiger partial charge in [-0.1, -0.05) is 0 Å². The molecule has 0 aromatic rings. The second kappa shape index (κ2) is 5.65. The molecule has 0 aliphatic rings. The fraction of sp³-hybridized carbons (Fsp3) is 0.667. The lowest BCUT2D eigenvalue weighted by molar-refractivity contribution is -0.119. The Bertz CT molecular complexity index is 172. The lowest BCUT2D eigenvalue weighted by Gasteiger charge is -2.09. The Labute approximate surface area is 75.4 Å². The van der Waals surface area contributed by atoms with Crippen molar-refractivity contribution in [2.24, 2.45) is 0 Å². The van der Waals surface area contributed by atoms with Crippen LogP contribution in [0.1, 0.15) is 13.8 Å². The third kappa shape index (κ3) is 5.79. The quantitative estimate of drug-likeness (QED) is 0.494. The average molecular weight is 195 g/mol. The van der Waals surface area contributed by atoms with Crippen LogP contribution in [0, 0.1) is 0 Å². The summed E-state index contributed by atoms with van der Waals surface area (Å²) in [4.78, 5) is 21.2. The zero-order valence-electron chi connectivity index (χ0n) is 6.89. The molecule has 2 amide bonds. The first-order valence-electron chi connectivity index (χ1n) is 3.37. The van der Waals surface area contributed by atoms with Gasteiger partial charge in [-0.2, -0.15) is 0 Å².